The van der Waals surface area contributed by atoms with Crippen LogP contribution in [0.15, 0.2) is 22.7 Å². The van der Waals surface area contributed by atoms with Gasteiger partial charge in [-0.1, -0.05) is 50.0 Å². The van der Waals surface area contributed by atoms with E-state index >= 15 is 0 Å². The van der Waals surface area contributed by atoms with Crippen LogP contribution in [0.2, 0.25) is 18.1 Å². The fourth-order valence-corrected chi connectivity index (χ4v) is 3.82. The maximum Gasteiger partial charge on any atom is 0.191 e. The zero-order valence-corrected chi connectivity index (χ0v) is 19.0. The van der Waals surface area contributed by atoms with Gasteiger partial charge in [-0.3, -0.25) is 0 Å². The molecule has 1 rings (SSSR count). The number of benzene rings is 1. The quantitative estimate of drug-likeness (QED) is 0.303. The number of unbranched alkanes of at least 4 members (excludes halogenated alkanes) is 3. The molecule has 4 heteroatoms. The maximum absolute atomic E-state index is 6.21. The third-order valence-electron chi connectivity index (χ3n) is 4.97. The van der Waals surface area contributed by atoms with E-state index in [0.717, 1.165) is 38.2 Å². The Kier molecular flexibility index (Phi) is 9.03. The molecule has 0 aliphatic carbocycles. The van der Waals surface area contributed by atoms with Crippen molar-refractivity contribution in [2.45, 2.75) is 77.9 Å². The van der Waals surface area contributed by atoms with E-state index in [1.165, 1.54) is 22.9 Å². The van der Waals surface area contributed by atoms with Gasteiger partial charge in [-0.25, -0.2) is 0 Å². The molecule has 0 saturated carbocycles. The van der Waals surface area contributed by atoms with E-state index in [1.54, 1.807) is 0 Å². The monoisotopic (exact) mass is 414 g/mol. The highest BCUT2D eigenvalue weighted by Crippen LogP contribution is 2.36. The standard InChI is InChI=1S/C20H35BrO2Si/c1-7-17-16-18(12-13-19(17)21)22-14-10-8-9-11-15-23-24(5,6)20(2,3)4/h12-13,16H,7-11,14-15H2,1-6H3. The van der Waals surface area contributed by atoms with Gasteiger partial charge in [0.1, 0.15) is 5.75 Å². The van der Waals surface area contributed by atoms with Crippen LogP contribution in [-0.4, -0.2) is 21.5 Å². The summed E-state index contributed by atoms with van der Waals surface area (Å²) in [5, 5.41) is 0.308. The van der Waals surface area contributed by atoms with Gasteiger partial charge >= 0.3 is 0 Å². The smallest absolute Gasteiger partial charge is 0.191 e. The summed E-state index contributed by atoms with van der Waals surface area (Å²) < 4.78 is 13.2. The normalized spacial score (nSPS) is 12.5. The Hall–Kier alpha value is -0.323. The molecule has 0 radical (unpaired) electrons. The first-order chi connectivity index (χ1) is 11.2. The van der Waals surface area contributed by atoms with Crippen LogP contribution in [0, 0.1) is 0 Å². The van der Waals surface area contributed by atoms with Crippen molar-refractivity contribution < 1.29 is 9.16 Å². The minimum atomic E-state index is -1.57. The van der Waals surface area contributed by atoms with Crippen molar-refractivity contribution >= 4 is 24.2 Å². The average molecular weight is 415 g/mol. The molecule has 0 N–H and O–H groups in total. The maximum atomic E-state index is 6.21. The Morgan fingerprint density at radius 2 is 1.62 bits per heavy atom. The lowest BCUT2D eigenvalue weighted by molar-refractivity contribution is 0.270. The summed E-state index contributed by atoms with van der Waals surface area (Å²) in [4.78, 5) is 0. The SMILES string of the molecule is CCc1cc(OCCCCCCO[Si](C)(C)C(C)(C)C)ccc1Br. The Morgan fingerprint density at radius 1 is 1.00 bits per heavy atom. The topological polar surface area (TPSA) is 18.5 Å². The van der Waals surface area contributed by atoms with Gasteiger partial charge < -0.3 is 9.16 Å². The van der Waals surface area contributed by atoms with Crippen molar-refractivity contribution in [2.75, 3.05) is 13.2 Å². The average Bonchev–Trinajstić information content (AvgIpc) is 2.50. The largest absolute Gasteiger partial charge is 0.494 e. The summed E-state index contributed by atoms with van der Waals surface area (Å²) in [7, 11) is -1.57. The Morgan fingerprint density at radius 3 is 2.21 bits per heavy atom. The summed E-state index contributed by atoms with van der Waals surface area (Å²) in [5.74, 6) is 0.983. The fraction of sp³-hybridized carbons (Fsp3) is 0.700. The summed E-state index contributed by atoms with van der Waals surface area (Å²) in [6, 6.07) is 6.25. The molecule has 0 atom stereocenters. The number of halogens is 1. The highest BCUT2D eigenvalue weighted by molar-refractivity contribution is 9.10. The van der Waals surface area contributed by atoms with Crippen LogP contribution in [-0.2, 0) is 10.8 Å². The van der Waals surface area contributed by atoms with Gasteiger partial charge in [0, 0.05) is 11.1 Å². The number of ether oxygens (including phenoxy) is 1. The molecular formula is C20H35BrO2Si. The van der Waals surface area contributed by atoms with Crippen LogP contribution in [0.3, 0.4) is 0 Å². The molecule has 1 aromatic rings. The molecule has 138 valence electrons. The van der Waals surface area contributed by atoms with E-state index in [4.69, 9.17) is 9.16 Å². The summed E-state index contributed by atoms with van der Waals surface area (Å²) in [5.41, 5.74) is 1.30. The van der Waals surface area contributed by atoms with Gasteiger partial charge in [-0.15, -0.1) is 0 Å². The van der Waals surface area contributed by atoms with Crippen LogP contribution >= 0.6 is 15.9 Å². The van der Waals surface area contributed by atoms with Gasteiger partial charge in [0.05, 0.1) is 6.61 Å². The van der Waals surface area contributed by atoms with Crippen molar-refractivity contribution in [3.8, 4) is 5.75 Å². The van der Waals surface area contributed by atoms with E-state index in [-0.39, 0.29) is 0 Å². The minimum absolute atomic E-state index is 0.308. The second-order valence-corrected chi connectivity index (χ2v) is 13.6. The molecule has 0 aromatic heterocycles. The number of rotatable bonds is 10. The van der Waals surface area contributed by atoms with Gasteiger partial charge in [-0.05, 0) is 67.6 Å². The molecule has 0 aliphatic heterocycles. The zero-order valence-electron chi connectivity index (χ0n) is 16.4. The molecule has 0 amide bonds. The van der Waals surface area contributed by atoms with Crippen LogP contribution in [0.5, 0.6) is 5.75 Å². The lowest BCUT2D eigenvalue weighted by atomic mass is 10.1. The van der Waals surface area contributed by atoms with Crippen molar-refractivity contribution in [1.82, 2.24) is 0 Å². The predicted molar refractivity (Wildman–Crippen MR) is 111 cm³/mol. The van der Waals surface area contributed by atoms with E-state index < -0.39 is 8.32 Å². The molecule has 0 bridgehead atoms. The third-order valence-corrected chi connectivity index (χ3v) is 10.3. The minimum Gasteiger partial charge on any atom is -0.494 e. The first-order valence-corrected chi connectivity index (χ1v) is 12.9. The highest BCUT2D eigenvalue weighted by Gasteiger charge is 2.36. The summed E-state index contributed by atoms with van der Waals surface area (Å²) in [6.07, 6.45) is 5.71. The van der Waals surface area contributed by atoms with Crippen LogP contribution in [0.25, 0.3) is 0 Å². The second kappa shape index (κ2) is 9.98. The summed E-state index contributed by atoms with van der Waals surface area (Å²) in [6.45, 7) is 15.4. The molecular weight excluding hydrogens is 380 g/mol. The lowest BCUT2D eigenvalue weighted by Crippen LogP contribution is -2.40. The number of hydrogen-bond acceptors (Lipinski definition) is 2. The summed E-state index contributed by atoms with van der Waals surface area (Å²) >= 11 is 3.57. The van der Waals surface area contributed by atoms with Gasteiger partial charge in [0.25, 0.3) is 0 Å². The van der Waals surface area contributed by atoms with E-state index in [2.05, 4.69) is 68.9 Å². The molecule has 0 fully saturated rings. The van der Waals surface area contributed by atoms with Crippen molar-refractivity contribution in [3.05, 3.63) is 28.2 Å². The van der Waals surface area contributed by atoms with Crippen LogP contribution in [0.4, 0.5) is 0 Å². The molecule has 0 aliphatic rings. The molecule has 0 spiro atoms. The first-order valence-electron chi connectivity index (χ1n) is 9.22. The molecule has 24 heavy (non-hydrogen) atoms. The Labute approximate surface area is 158 Å². The third kappa shape index (κ3) is 7.28. The van der Waals surface area contributed by atoms with E-state index in [9.17, 15) is 0 Å². The van der Waals surface area contributed by atoms with Crippen molar-refractivity contribution in [1.29, 1.82) is 0 Å². The van der Waals surface area contributed by atoms with E-state index in [0.29, 0.717) is 5.04 Å². The van der Waals surface area contributed by atoms with Gasteiger partial charge in [0.15, 0.2) is 8.32 Å². The molecule has 2 nitrogen and oxygen atoms in total. The second-order valence-electron chi connectivity index (χ2n) is 7.98. The molecule has 0 unspecified atom stereocenters. The molecule has 0 heterocycles. The zero-order chi connectivity index (χ0) is 18.2. The van der Waals surface area contributed by atoms with E-state index in [1.807, 2.05) is 6.07 Å². The molecule has 0 saturated heterocycles. The predicted octanol–water partition coefficient (Wildman–Crippen LogP) is 6.97. The Bertz CT molecular complexity index is 495. The number of aryl methyl sites for hydroxylation is 1. The van der Waals surface area contributed by atoms with Crippen LogP contribution in [0.1, 0.15) is 58.9 Å². The Balaban J connectivity index is 2.13. The van der Waals surface area contributed by atoms with Crippen LogP contribution < -0.4 is 4.74 Å². The fourth-order valence-electron chi connectivity index (χ4n) is 2.20. The van der Waals surface area contributed by atoms with Gasteiger partial charge in [0.2, 0.25) is 0 Å². The van der Waals surface area contributed by atoms with Gasteiger partial charge in [-0.2, -0.15) is 0 Å². The highest BCUT2D eigenvalue weighted by atomic mass is 79.9. The first kappa shape index (κ1) is 21.7. The van der Waals surface area contributed by atoms with Crippen molar-refractivity contribution in [2.24, 2.45) is 0 Å². The van der Waals surface area contributed by atoms with Crippen molar-refractivity contribution in [3.63, 3.8) is 0 Å². The number of hydrogen-bond donors (Lipinski definition) is 0. The molecule has 1 aromatic carbocycles. The lowest BCUT2D eigenvalue weighted by Gasteiger charge is -2.36.